The summed E-state index contributed by atoms with van der Waals surface area (Å²) in [6.45, 7) is 1.92. The number of anilines is 1. The number of sulfonamides is 1. The average Bonchev–Trinajstić information content (AvgIpc) is 2.48. The molecule has 0 saturated carbocycles. The average molecular weight is 320 g/mol. The number of rotatable bonds is 6. The van der Waals surface area contributed by atoms with Crippen molar-refractivity contribution in [2.75, 3.05) is 4.72 Å². The van der Waals surface area contributed by atoms with Crippen LogP contribution in [0.2, 0.25) is 0 Å². The zero-order valence-electron chi connectivity index (χ0n) is 12.0. The molecule has 0 bridgehead atoms. The van der Waals surface area contributed by atoms with E-state index in [-0.39, 0.29) is 10.6 Å². The van der Waals surface area contributed by atoms with E-state index in [1.165, 1.54) is 12.1 Å². The summed E-state index contributed by atoms with van der Waals surface area (Å²) in [6.07, 6.45) is 1.27. The minimum absolute atomic E-state index is 0.0487. The van der Waals surface area contributed by atoms with Crippen molar-refractivity contribution in [3.8, 4) is 0 Å². The van der Waals surface area contributed by atoms with E-state index < -0.39 is 14.9 Å². The Morgan fingerprint density at radius 2 is 1.82 bits per heavy atom. The topological polar surface area (TPSA) is 89.3 Å². The van der Waals surface area contributed by atoms with E-state index in [9.17, 15) is 18.5 Å². The molecule has 0 aromatic heterocycles. The monoisotopic (exact) mass is 320 g/mol. The lowest BCUT2D eigenvalue weighted by atomic mass is 10.1. The van der Waals surface area contributed by atoms with E-state index in [4.69, 9.17) is 0 Å². The number of nitro groups is 1. The minimum atomic E-state index is -3.88. The van der Waals surface area contributed by atoms with Crippen molar-refractivity contribution in [1.82, 2.24) is 0 Å². The van der Waals surface area contributed by atoms with Gasteiger partial charge in [-0.3, -0.25) is 14.8 Å². The number of aryl methyl sites for hydroxylation is 1. The van der Waals surface area contributed by atoms with Crippen LogP contribution < -0.4 is 4.72 Å². The molecule has 1 N–H and O–H groups in total. The molecule has 0 unspecified atom stereocenters. The van der Waals surface area contributed by atoms with Gasteiger partial charge in [0, 0.05) is 17.8 Å². The lowest BCUT2D eigenvalue weighted by molar-refractivity contribution is -0.385. The van der Waals surface area contributed by atoms with Crippen LogP contribution in [-0.4, -0.2) is 13.3 Å². The third kappa shape index (κ3) is 3.62. The highest BCUT2D eigenvalue weighted by Crippen LogP contribution is 2.25. The van der Waals surface area contributed by atoms with Crippen LogP contribution in [0.1, 0.15) is 18.9 Å². The van der Waals surface area contributed by atoms with Crippen LogP contribution in [0.5, 0.6) is 0 Å². The van der Waals surface area contributed by atoms with Crippen molar-refractivity contribution >= 4 is 21.4 Å². The Morgan fingerprint density at radius 1 is 1.14 bits per heavy atom. The first-order valence-corrected chi connectivity index (χ1v) is 8.27. The largest absolute Gasteiger partial charge is 0.280 e. The number of nitrogens with one attached hydrogen (secondary N) is 1. The summed E-state index contributed by atoms with van der Waals surface area (Å²) in [5.41, 5.74) is 0.737. The summed E-state index contributed by atoms with van der Waals surface area (Å²) in [5.74, 6) is 0. The van der Waals surface area contributed by atoms with E-state index in [0.29, 0.717) is 17.7 Å². The molecule has 0 atom stereocenters. The molecular formula is C15H16N2O4S. The molecule has 7 heteroatoms. The minimum Gasteiger partial charge on any atom is -0.280 e. The number of hydrogen-bond acceptors (Lipinski definition) is 4. The van der Waals surface area contributed by atoms with E-state index in [2.05, 4.69) is 4.72 Å². The zero-order valence-corrected chi connectivity index (χ0v) is 12.8. The van der Waals surface area contributed by atoms with Gasteiger partial charge in [-0.15, -0.1) is 0 Å². The summed E-state index contributed by atoms with van der Waals surface area (Å²) in [5, 5.41) is 10.9. The van der Waals surface area contributed by atoms with Gasteiger partial charge >= 0.3 is 0 Å². The first-order chi connectivity index (χ1) is 10.4. The van der Waals surface area contributed by atoms with Gasteiger partial charge in [-0.2, -0.15) is 0 Å². The SMILES string of the molecule is CCCc1ccc([N+](=O)[O-])cc1S(=O)(=O)Nc1ccccc1. The molecule has 0 amide bonds. The molecule has 0 fully saturated rings. The van der Waals surface area contributed by atoms with Crippen molar-refractivity contribution in [2.24, 2.45) is 0 Å². The Bertz CT molecular complexity index is 773. The summed E-state index contributed by atoms with van der Waals surface area (Å²) in [6, 6.07) is 12.4. The maximum Gasteiger partial charge on any atom is 0.270 e. The second-order valence-electron chi connectivity index (χ2n) is 4.77. The molecule has 0 aliphatic heterocycles. The fourth-order valence-corrected chi connectivity index (χ4v) is 3.45. The number of nitrogens with zero attached hydrogens (tertiary/aromatic N) is 1. The summed E-state index contributed by atoms with van der Waals surface area (Å²) < 4.78 is 27.5. The molecule has 0 aliphatic carbocycles. The Morgan fingerprint density at radius 3 is 2.41 bits per heavy atom. The van der Waals surface area contributed by atoms with Gasteiger partial charge in [-0.1, -0.05) is 37.6 Å². The molecule has 0 spiro atoms. The van der Waals surface area contributed by atoms with Crippen molar-refractivity contribution in [3.05, 3.63) is 64.2 Å². The summed E-state index contributed by atoms with van der Waals surface area (Å²) in [4.78, 5) is 10.2. The van der Waals surface area contributed by atoms with E-state index in [0.717, 1.165) is 12.5 Å². The van der Waals surface area contributed by atoms with E-state index >= 15 is 0 Å². The smallest absolute Gasteiger partial charge is 0.270 e. The summed E-state index contributed by atoms with van der Waals surface area (Å²) >= 11 is 0. The number of hydrogen-bond donors (Lipinski definition) is 1. The molecule has 22 heavy (non-hydrogen) atoms. The third-order valence-electron chi connectivity index (χ3n) is 3.10. The van der Waals surface area contributed by atoms with Gasteiger partial charge in [0.15, 0.2) is 0 Å². The highest BCUT2D eigenvalue weighted by atomic mass is 32.2. The number of para-hydroxylation sites is 1. The van der Waals surface area contributed by atoms with Crippen LogP contribution in [0.15, 0.2) is 53.4 Å². The lowest BCUT2D eigenvalue weighted by Gasteiger charge is -2.12. The highest BCUT2D eigenvalue weighted by Gasteiger charge is 2.21. The van der Waals surface area contributed by atoms with Gasteiger partial charge < -0.3 is 0 Å². The predicted molar refractivity (Wildman–Crippen MR) is 84.3 cm³/mol. The number of benzene rings is 2. The van der Waals surface area contributed by atoms with Crippen LogP contribution in [0.4, 0.5) is 11.4 Å². The molecule has 0 aliphatic rings. The first-order valence-electron chi connectivity index (χ1n) is 6.79. The summed E-state index contributed by atoms with van der Waals surface area (Å²) in [7, 11) is -3.88. The van der Waals surface area contributed by atoms with Crippen LogP contribution in [0.25, 0.3) is 0 Å². The molecule has 0 heterocycles. The fourth-order valence-electron chi connectivity index (χ4n) is 2.10. The van der Waals surface area contributed by atoms with E-state index in [1.807, 2.05) is 6.92 Å². The lowest BCUT2D eigenvalue weighted by Crippen LogP contribution is -2.15. The molecular weight excluding hydrogens is 304 g/mol. The molecule has 0 saturated heterocycles. The fraction of sp³-hybridized carbons (Fsp3) is 0.200. The molecule has 0 radical (unpaired) electrons. The second-order valence-corrected chi connectivity index (χ2v) is 6.42. The molecule has 2 aromatic carbocycles. The van der Waals surface area contributed by atoms with Gasteiger partial charge in [0.25, 0.3) is 15.7 Å². The van der Waals surface area contributed by atoms with E-state index in [1.54, 1.807) is 30.3 Å². The Labute approximate surface area is 129 Å². The standard InChI is InChI=1S/C15H16N2O4S/c1-2-6-12-9-10-14(17(18)19)11-15(12)22(20,21)16-13-7-4-3-5-8-13/h3-5,7-11,16H,2,6H2,1H3. The third-order valence-corrected chi connectivity index (χ3v) is 4.56. The van der Waals surface area contributed by atoms with Crippen LogP contribution in [0.3, 0.4) is 0 Å². The number of nitro benzene ring substituents is 1. The van der Waals surface area contributed by atoms with Gasteiger partial charge in [-0.25, -0.2) is 8.42 Å². The predicted octanol–water partition coefficient (Wildman–Crippen LogP) is 3.35. The molecule has 2 aromatic rings. The second kappa shape index (κ2) is 6.57. The Kier molecular flexibility index (Phi) is 4.77. The zero-order chi connectivity index (χ0) is 16.2. The first kappa shape index (κ1) is 16.0. The maximum absolute atomic E-state index is 12.5. The van der Waals surface area contributed by atoms with Crippen LogP contribution in [0, 0.1) is 10.1 Å². The van der Waals surface area contributed by atoms with Crippen LogP contribution >= 0.6 is 0 Å². The number of non-ortho nitro benzene ring substituents is 1. The molecule has 6 nitrogen and oxygen atoms in total. The van der Waals surface area contributed by atoms with Gasteiger partial charge in [0.1, 0.15) is 0 Å². The molecule has 116 valence electrons. The van der Waals surface area contributed by atoms with Crippen LogP contribution in [-0.2, 0) is 16.4 Å². The normalized spacial score (nSPS) is 11.1. The Hall–Kier alpha value is -2.41. The highest BCUT2D eigenvalue weighted by molar-refractivity contribution is 7.92. The Balaban J connectivity index is 2.47. The van der Waals surface area contributed by atoms with Crippen molar-refractivity contribution in [1.29, 1.82) is 0 Å². The quantitative estimate of drug-likeness (QED) is 0.653. The molecule has 2 rings (SSSR count). The van der Waals surface area contributed by atoms with Crippen molar-refractivity contribution < 1.29 is 13.3 Å². The van der Waals surface area contributed by atoms with Crippen molar-refractivity contribution in [3.63, 3.8) is 0 Å². The van der Waals surface area contributed by atoms with Gasteiger partial charge in [0.2, 0.25) is 0 Å². The van der Waals surface area contributed by atoms with Gasteiger partial charge in [-0.05, 0) is 24.1 Å². The maximum atomic E-state index is 12.5. The van der Waals surface area contributed by atoms with Crippen molar-refractivity contribution in [2.45, 2.75) is 24.7 Å². The van der Waals surface area contributed by atoms with Gasteiger partial charge in [0.05, 0.1) is 9.82 Å².